The molecule has 0 N–H and O–H groups in total. The lowest BCUT2D eigenvalue weighted by molar-refractivity contribution is 0.656. The van der Waals surface area contributed by atoms with Crippen molar-refractivity contribution in [2.75, 3.05) is 0 Å². The van der Waals surface area contributed by atoms with Crippen LogP contribution in [-0.2, 0) is 13.5 Å². The van der Waals surface area contributed by atoms with Crippen LogP contribution in [0, 0.1) is 0 Å². The summed E-state index contributed by atoms with van der Waals surface area (Å²) in [5.74, 6) is 0.774. The Morgan fingerprint density at radius 2 is 1.58 bits per heavy atom. The van der Waals surface area contributed by atoms with Gasteiger partial charge < -0.3 is 4.57 Å². The van der Waals surface area contributed by atoms with Crippen molar-refractivity contribution in [2.24, 2.45) is 7.05 Å². The average molecular weight is 342 g/mol. The molecule has 1 aromatic heterocycles. The number of benzene rings is 1. The maximum Gasteiger partial charge on any atom is 0.0619 e. The van der Waals surface area contributed by atoms with Crippen LogP contribution in [0.1, 0.15) is 65.1 Å². The van der Waals surface area contributed by atoms with Gasteiger partial charge in [0.25, 0.3) is 0 Å². The molecule has 1 nitrogen and oxygen atoms in total. The summed E-state index contributed by atoms with van der Waals surface area (Å²) in [5.41, 5.74) is 7.31. The molecule has 1 unspecified atom stereocenters. The van der Waals surface area contributed by atoms with E-state index >= 15 is 0 Å². The van der Waals surface area contributed by atoms with Crippen molar-refractivity contribution >= 4 is 19.0 Å². The quantitative estimate of drug-likeness (QED) is 0.522. The molecule has 1 aromatic carbocycles. The highest BCUT2D eigenvalue weighted by atomic mass is 28.3. The molecule has 2 heteroatoms. The molecule has 24 heavy (non-hydrogen) atoms. The van der Waals surface area contributed by atoms with E-state index in [1.807, 2.05) is 0 Å². The Hall–Kier alpha value is -1.02. The van der Waals surface area contributed by atoms with E-state index in [1.54, 1.807) is 11.3 Å². The molecule has 1 heterocycles. The molecule has 132 valence electrons. The maximum absolute atomic E-state index is 2.52. The maximum atomic E-state index is 2.52. The highest BCUT2D eigenvalue weighted by Gasteiger charge is 2.45. The first-order valence-corrected chi connectivity index (χ1v) is 12.3. The second-order valence-electron chi connectivity index (χ2n) is 8.96. The minimum Gasteiger partial charge on any atom is -0.347 e. The molecule has 1 atom stereocenters. The Balaban J connectivity index is 2.05. The zero-order chi connectivity index (χ0) is 17.6. The van der Waals surface area contributed by atoms with Gasteiger partial charge in [0, 0.05) is 23.6 Å². The van der Waals surface area contributed by atoms with Crippen LogP contribution in [0.3, 0.4) is 0 Å². The minimum absolute atomic E-state index is 0.774. The van der Waals surface area contributed by atoms with Crippen LogP contribution in [0.4, 0.5) is 0 Å². The standard InChI is InChI=1S/C22H35NSi/c1-15(2)24(16(3)4,17(5)6)14-18-12-13-20-19-10-8-9-11-21(19)23(7)22(18)20/h8-11,15-18H,12-14H2,1-7H3. The number of para-hydroxylation sites is 1. The van der Waals surface area contributed by atoms with E-state index in [1.165, 1.54) is 29.8 Å². The third-order valence-corrected chi connectivity index (χ3v) is 14.9. The highest BCUT2D eigenvalue weighted by molar-refractivity contribution is 6.83. The normalized spacial score (nSPS) is 18.3. The molecule has 0 saturated heterocycles. The fourth-order valence-corrected chi connectivity index (χ4v) is 12.7. The van der Waals surface area contributed by atoms with Crippen molar-refractivity contribution in [3.05, 3.63) is 35.5 Å². The third kappa shape index (κ3) is 2.49. The molecule has 0 spiro atoms. The molecule has 0 aliphatic heterocycles. The van der Waals surface area contributed by atoms with Gasteiger partial charge in [0.2, 0.25) is 0 Å². The van der Waals surface area contributed by atoms with Gasteiger partial charge in [0.15, 0.2) is 0 Å². The Labute approximate surface area is 149 Å². The number of nitrogens with zero attached hydrogens (tertiary/aromatic N) is 1. The van der Waals surface area contributed by atoms with Crippen LogP contribution < -0.4 is 0 Å². The lowest BCUT2D eigenvalue weighted by Gasteiger charge is -2.45. The van der Waals surface area contributed by atoms with Crippen molar-refractivity contribution in [3.8, 4) is 0 Å². The van der Waals surface area contributed by atoms with Gasteiger partial charge in [-0.2, -0.15) is 0 Å². The van der Waals surface area contributed by atoms with Crippen LogP contribution in [0.5, 0.6) is 0 Å². The van der Waals surface area contributed by atoms with E-state index in [9.17, 15) is 0 Å². The van der Waals surface area contributed by atoms with E-state index in [2.05, 4.69) is 77.4 Å². The number of aromatic nitrogens is 1. The van der Waals surface area contributed by atoms with Gasteiger partial charge in [-0.1, -0.05) is 76.4 Å². The van der Waals surface area contributed by atoms with E-state index in [-0.39, 0.29) is 0 Å². The second-order valence-corrected chi connectivity index (χ2v) is 15.1. The van der Waals surface area contributed by atoms with Crippen molar-refractivity contribution in [1.82, 2.24) is 4.57 Å². The largest absolute Gasteiger partial charge is 0.347 e. The van der Waals surface area contributed by atoms with E-state index in [4.69, 9.17) is 0 Å². The first kappa shape index (κ1) is 17.8. The van der Waals surface area contributed by atoms with Gasteiger partial charge in [-0.15, -0.1) is 0 Å². The lowest BCUT2D eigenvalue weighted by Crippen LogP contribution is -2.45. The smallest absolute Gasteiger partial charge is 0.0619 e. The molecule has 0 bridgehead atoms. The van der Waals surface area contributed by atoms with Crippen LogP contribution in [0.2, 0.25) is 22.7 Å². The van der Waals surface area contributed by atoms with Crippen molar-refractivity contribution < 1.29 is 0 Å². The fraction of sp³-hybridized carbons (Fsp3) is 0.636. The van der Waals surface area contributed by atoms with Gasteiger partial charge in [-0.3, -0.25) is 0 Å². The molecule has 3 rings (SSSR count). The predicted octanol–water partition coefficient (Wildman–Crippen LogP) is 6.89. The van der Waals surface area contributed by atoms with Gasteiger partial charge in [-0.25, -0.2) is 0 Å². The zero-order valence-corrected chi connectivity index (χ0v) is 17.7. The summed E-state index contributed by atoms with van der Waals surface area (Å²) in [6.07, 6.45) is 2.64. The summed E-state index contributed by atoms with van der Waals surface area (Å²) in [7, 11) is 0.948. The lowest BCUT2D eigenvalue weighted by atomic mass is 10.1. The summed E-state index contributed by atoms with van der Waals surface area (Å²) in [5, 5.41) is 1.50. The van der Waals surface area contributed by atoms with Crippen LogP contribution in [0.25, 0.3) is 10.9 Å². The third-order valence-electron chi connectivity index (χ3n) is 7.22. The zero-order valence-electron chi connectivity index (χ0n) is 16.7. The Morgan fingerprint density at radius 1 is 1.00 bits per heavy atom. The molecule has 0 saturated carbocycles. The number of hydrogen-bond acceptors (Lipinski definition) is 0. The van der Waals surface area contributed by atoms with Crippen molar-refractivity contribution in [1.29, 1.82) is 0 Å². The molecule has 0 fully saturated rings. The molecule has 2 aromatic rings. The monoisotopic (exact) mass is 341 g/mol. The van der Waals surface area contributed by atoms with E-state index in [0.29, 0.717) is 0 Å². The van der Waals surface area contributed by atoms with Crippen molar-refractivity contribution in [2.45, 2.75) is 83.0 Å². The van der Waals surface area contributed by atoms with Gasteiger partial charge in [0.05, 0.1) is 8.07 Å². The van der Waals surface area contributed by atoms with Crippen LogP contribution in [0.15, 0.2) is 24.3 Å². The first-order valence-electron chi connectivity index (χ1n) is 9.86. The number of fused-ring (bicyclic) bond motifs is 3. The SMILES string of the molecule is CC(C)[Si](CC1CCc2c1n(C)c1ccccc21)(C(C)C)C(C)C. The van der Waals surface area contributed by atoms with Gasteiger partial charge in [0.1, 0.15) is 0 Å². The van der Waals surface area contributed by atoms with Crippen molar-refractivity contribution in [3.63, 3.8) is 0 Å². The Bertz CT molecular complexity index is 701. The van der Waals surface area contributed by atoms with E-state index < -0.39 is 8.07 Å². The highest BCUT2D eigenvalue weighted by Crippen LogP contribution is 2.51. The number of hydrogen-bond donors (Lipinski definition) is 0. The van der Waals surface area contributed by atoms with Gasteiger partial charge in [-0.05, 0) is 36.4 Å². The predicted molar refractivity (Wildman–Crippen MR) is 110 cm³/mol. The fourth-order valence-electron chi connectivity index (χ4n) is 6.06. The number of rotatable bonds is 5. The summed E-state index contributed by atoms with van der Waals surface area (Å²) in [4.78, 5) is 0. The first-order chi connectivity index (χ1) is 11.3. The Kier molecular flexibility index (Phi) is 4.72. The molecular formula is C22H35NSi. The molecular weight excluding hydrogens is 306 g/mol. The number of aryl methyl sites for hydroxylation is 2. The Morgan fingerprint density at radius 3 is 2.17 bits per heavy atom. The van der Waals surface area contributed by atoms with Gasteiger partial charge >= 0.3 is 0 Å². The molecule has 0 amide bonds. The average Bonchev–Trinajstić information content (AvgIpc) is 3.05. The minimum atomic E-state index is -1.35. The second kappa shape index (κ2) is 6.37. The summed E-state index contributed by atoms with van der Waals surface area (Å²) in [6.45, 7) is 15.0. The molecule has 1 aliphatic carbocycles. The van der Waals surface area contributed by atoms with Crippen LogP contribution >= 0.6 is 0 Å². The van der Waals surface area contributed by atoms with Crippen LogP contribution in [-0.4, -0.2) is 12.6 Å². The van der Waals surface area contributed by atoms with E-state index in [0.717, 1.165) is 22.5 Å². The molecule has 1 aliphatic rings. The summed E-state index contributed by atoms with van der Waals surface area (Å²) in [6, 6.07) is 10.5. The summed E-state index contributed by atoms with van der Waals surface area (Å²) >= 11 is 0. The summed E-state index contributed by atoms with van der Waals surface area (Å²) < 4.78 is 2.52. The molecule has 0 radical (unpaired) electrons. The topological polar surface area (TPSA) is 4.93 Å².